The largest absolute Gasteiger partial charge is 0.482 e. The average Bonchev–Trinajstić information content (AvgIpc) is 2.70. The van der Waals surface area contributed by atoms with Crippen LogP contribution < -0.4 is 4.74 Å². The first kappa shape index (κ1) is 12.9. The normalized spacial score (nSPS) is 35.1. The van der Waals surface area contributed by atoms with Crippen LogP contribution in [-0.2, 0) is 0 Å². The average molecular weight is 279 g/mol. The molecule has 3 atom stereocenters. The maximum Gasteiger partial charge on any atom is 0.140 e. The Hall–Kier alpha value is -1.83. The van der Waals surface area contributed by atoms with E-state index in [9.17, 15) is 0 Å². The number of allylic oxidation sites excluding steroid dienone is 1. The fourth-order valence-corrected chi connectivity index (χ4v) is 3.93. The Kier molecular flexibility index (Phi) is 2.51. The van der Waals surface area contributed by atoms with E-state index in [0.29, 0.717) is 11.8 Å². The second kappa shape index (κ2) is 4.09. The van der Waals surface area contributed by atoms with Gasteiger partial charge in [0.25, 0.3) is 0 Å². The summed E-state index contributed by atoms with van der Waals surface area (Å²) >= 11 is 0. The van der Waals surface area contributed by atoms with Crippen molar-refractivity contribution in [2.24, 2.45) is 16.8 Å². The third kappa shape index (κ3) is 1.75. The number of aliphatic imine (C=N–C) groups is 1. The summed E-state index contributed by atoms with van der Waals surface area (Å²) in [6.45, 7) is 6.76. The minimum atomic E-state index is -0.269. The number of rotatable bonds is 0. The van der Waals surface area contributed by atoms with E-state index in [4.69, 9.17) is 9.73 Å². The van der Waals surface area contributed by atoms with Crippen molar-refractivity contribution in [1.29, 1.82) is 0 Å². The molecule has 1 spiro atoms. The Morgan fingerprint density at radius 1 is 1.19 bits per heavy atom. The summed E-state index contributed by atoms with van der Waals surface area (Å²) in [5, 5.41) is 0. The molecule has 1 aromatic rings. The summed E-state index contributed by atoms with van der Waals surface area (Å²) < 4.78 is 6.52. The monoisotopic (exact) mass is 279 g/mol. The second-order valence-corrected chi connectivity index (χ2v) is 6.99. The molecule has 0 bridgehead atoms. The van der Waals surface area contributed by atoms with Crippen LogP contribution in [0.3, 0.4) is 0 Å². The van der Waals surface area contributed by atoms with E-state index in [1.165, 1.54) is 11.3 Å². The van der Waals surface area contributed by atoms with Crippen LogP contribution in [-0.4, -0.2) is 16.9 Å². The Balaban J connectivity index is 1.81. The Labute approximate surface area is 126 Å². The molecule has 0 amide bonds. The number of fused-ring (bicyclic) bond motifs is 3. The predicted octanol–water partition coefficient (Wildman–Crippen LogP) is 4.28. The van der Waals surface area contributed by atoms with Crippen molar-refractivity contribution in [1.82, 2.24) is 0 Å². The van der Waals surface area contributed by atoms with Crippen LogP contribution in [0.2, 0.25) is 0 Å². The molecule has 2 nitrogen and oxygen atoms in total. The minimum Gasteiger partial charge on any atom is -0.482 e. The van der Waals surface area contributed by atoms with Gasteiger partial charge in [-0.05, 0) is 38.0 Å². The van der Waals surface area contributed by atoms with Crippen LogP contribution in [0.4, 0.5) is 0 Å². The lowest BCUT2D eigenvalue weighted by molar-refractivity contribution is 0.0531. The molecule has 1 aromatic carbocycles. The smallest absolute Gasteiger partial charge is 0.140 e. The number of hydrogen-bond donors (Lipinski definition) is 0. The third-order valence-electron chi connectivity index (χ3n) is 5.37. The van der Waals surface area contributed by atoms with Crippen molar-refractivity contribution in [3.05, 3.63) is 48.1 Å². The van der Waals surface area contributed by atoms with Gasteiger partial charge in [0, 0.05) is 23.6 Å². The molecule has 2 heteroatoms. The highest BCUT2D eigenvalue weighted by atomic mass is 16.5. The Bertz CT molecular complexity index is 683. The molecule has 3 aliphatic rings. The molecule has 0 N–H and O–H groups in total. The highest BCUT2D eigenvalue weighted by Gasteiger charge is 2.53. The molecule has 4 rings (SSSR count). The van der Waals surface area contributed by atoms with Crippen LogP contribution >= 0.6 is 0 Å². The molecule has 0 radical (unpaired) electrons. The molecule has 0 aromatic heterocycles. The molecule has 21 heavy (non-hydrogen) atoms. The van der Waals surface area contributed by atoms with Crippen molar-refractivity contribution in [2.75, 3.05) is 0 Å². The van der Waals surface area contributed by atoms with Crippen LogP contribution in [0.25, 0.3) is 6.08 Å². The van der Waals surface area contributed by atoms with Crippen molar-refractivity contribution >= 4 is 11.8 Å². The number of para-hydroxylation sites is 1. The second-order valence-electron chi connectivity index (χ2n) is 6.99. The number of nitrogens with zero attached hydrogens (tertiary/aromatic N) is 1. The van der Waals surface area contributed by atoms with Gasteiger partial charge < -0.3 is 4.74 Å². The number of hydrogen-bond acceptors (Lipinski definition) is 2. The van der Waals surface area contributed by atoms with Gasteiger partial charge in [-0.2, -0.15) is 0 Å². The SMILES string of the molecule is CC1C2C(=NC1(C)C)C=CCC21C=Cc2ccccc2O1. The molecule has 2 heterocycles. The molecule has 2 aliphatic heterocycles. The standard InChI is InChI=1S/C19H21NO/c1-13-17-15(20-18(13,2)3)8-6-11-19(17)12-10-14-7-4-5-9-16(14)21-19/h4-10,12-13,17H,11H2,1-3H3. The minimum absolute atomic E-state index is 0.0180. The van der Waals surface area contributed by atoms with Crippen LogP contribution in [0, 0.1) is 11.8 Å². The van der Waals surface area contributed by atoms with Gasteiger partial charge in [0.05, 0.1) is 5.54 Å². The molecular formula is C19H21NO. The first-order chi connectivity index (χ1) is 10.0. The van der Waals surface area contributed by atoms with E-state index in [2.05, 4.69) is 63.3 Å². The molecule has 0 saturated heterocycles. The summed E-state index contributed by atoms with van der Waals surface area (Å²) in [5.41, 5.74) is 2.08. The van der Waals surface area contributed by atoms with Gasteiger partial charge in [-0.15, -0.1) is 0 Å². The van der Waals surface area contributed by atoms with Crippen LogP contribution in [0.15, 0.2) is 47.5 Å². The van der Waals surface area contributed by atoms with Gasteiger partial charge in [0.15, 0.2) is 0 Å². The molecule has 3 unspecified atom stereocenters. The fraction of sp³-hybridized carbons (Fsp3) is 0.421. The first-order valence-electron chi connectivity index (χ1n) is 7.75. The van der Waals surface area contributed by atoms with E-state index in [1.807, 2.05) is 6.07 Å². The molecule has 0 saturated carbocycles. The Morgan fingerprint density at radius 2 is 2.00 bits per heavy atom. The zero-order valence-corrected chi connectivity index (χ0v) is 12.8. The van der Waals surface area contributed by atoms with E-state index in [1.54, 1.807) is 0 Å². The maximum absolute atomic E-state index is 6.52. The lowest BCUT2D eigenvalue weighted by atomic mass is 9.68. The summed E-state index contributed by atoms with van der Waals surface area (Å²) in [4.78, 5) is 4.94. The Morgan fingerprint density at radius 3 is 2.86 bits per heavy atom. The zero-order chi connectivity index (χ0) is 14.7. The lowest BCUT2D eigenvalue weighted by Crippen LogP contribution is -2.50. The number of ether oxygens (including phenoxy) is 1. The van der Waals surface area contributed by atoms with Crippen molar-refractivity contribution in [3.8, 4) is 5.75 Å². The quantitative estimate of drug-likeness (QED) is 0.694. The molecule has 108 valence electrons. The third-order valence-corrected chi connectivity index (χ3v) is 5.37. The fourth-order valence-electron chi connectivity index (χ4n) is 3.93. The highest BCUT2D eigenvalue weighted by Crippen LogP contribution is 2.49. The summed E-state index contributed by atoms with van der Waals surface area (Å²) in [6, 6.07) is 8.27. The van der Waals surface area contributed by atoms with Gasteiger partial charge >= 0.3 is 0 Å². The molecule has 1 aliphatic carbocycles. The lowest BCUT2D eigenvalue weighted by Gasteiger charge is -2.44. The first-order valence-corrected chi connectivity index (χ1v) is 7.75. The molecule has 0 fully saturated rings. The van der Waals surface area contributed by atoms with Gasteiger partial charge in [0.1, 0.15) is 11.4 Å². The summed E-state index contributed by atoms with van der Waals surface area (Å²) in [6.07, 6.45) is 9.80. The maximum atomic E-state index is 6.52. The highest BCUT2D eigenvalue weighted by molar-refractivity contribution is 6.01. The zero-order valence-electron chi connectivity index (χ0n) is 12.8. The van der Waals surface area contributed by atoms with Crippen LogP contribution in [0.1, 0.15) is 32.8 Å². The van der Waals surface area contributed by atoms with E-state index < -0.39 is 0 Å². The van der Waals surface area contributed by atoms with Crippen molar-refractivity contribution in [2.45, 2.75) is 38.3 Å². The number of benzene rings is 1. The van der Waals surface area contributed by atoms with E-state index in [0.717, 1.165) is 12.2 Å². The van der Waals surface area contributed by atoms with Crippen molar-refractivity contribution in [3.63, 3.8) is 0 Å². The summed E-state index contributed by atoms with van der Waals surface area (Å²) in [5.74, 6) is 1.79. The van der Waals surface area contributed by atoms with Gasteiger partial charge in [-0.25, -0.2) is 0 Å². The van der Waals surface area contributed by atoms with Gasteiger partial charge in [-0.1, -0.05) is 37.3 Å². The van der Waals surface area contributed by atoms with Gasteiger partial charge in [0.2, 0.25) is 0 Å². The van der Waals surface area contributed by atoms with Crippen LogP contribution in [0.5, 0.6) is 5.75 Å². The predicted molar refractivity (Wildman–Crippen MR) is 86.8 cm³/mol. The van der Waals surface area contributed by atoms with E-state index >= 15 is 0 Å². The van der Waals surface area contributed by atoms with E-state index in [-0.39, 0.29) is 11.1 Å². The topological polar surface area (TPSA) is 21.6 Å². The van der Waals surface area contributed by atoms with Crippen molar-refractivity contribution < 1.29 is 4.74 Å². The van der Waals surface area contributed by atoms with Gasteiger partial charge in [-0.3, -0.25) is 4.99 Å². The summed E-state index contributed by atoms with van der Waals surface area (Å²) in [7, 11) is 0. The molecular weight excluding hydrogens is 258 g/mol.